The minimum Gasteiger partial charge on any atom is -0.493 e. The number of methoxy groups -OCH3 is 2. The summed E-state index contributed by atoms with van der Waals surface area (Å²) in [7, 11) is 3.13. The Labute approximate surface area is 134 Å². The maximum Gasteiger partial charge on any atom is 0.319 e. The fraction of sp³-hybridized carbons (Fsp3) is 0.533. The maximum atomic E-state index is 11.8. The number of unbranched alkanes of at least 4 members (excludes halogenated alkanes) is 3. The van der Waals surface area contributed by atoms with Crippen molar-refractivity contribution in [1.29, 1.82) is 0 Å². The number of hydrogen-bond donors (Lipinski definition) is 2. The van der Waals surface area contributed by atoms with Gasteiger partial charge in [0.05, 0.1) is 19.9 Å². The molecule has 0 spiro atoms. The highest BCUT2D eigenvalue weighted by molar-refractivity contribution is 9.10. The molecule has 1 rings (SSSR count). The number of nitrogens with one attached hydrogen (secondary N) is 2. The van der Waals surface area contributed by atoms with Gasteiger partial charge in [0.15, 0.2) is 11.5 Å². The lowest BCUT2D eigenvalue weighted by atomic mass is 10.2. The second-order valence-electron chi connectivity index (χ2n) is 4.63. The predicted molar refractivity (Wildman–Crippen MR) is 88.4 cm³/mol. The average molecular weight is 359 g/mol. The van der Waals surface area contributed by atoms with Gasteiger partial charge in [0, 0.05) is 23.2 Å². The first-order valence-electron chi connectivity index (χ1n) is 7.08. The van der Waals surface area contributed by atoms with Gasteiger partial charge in [-0.1, -0.05) is 26.2 Å². The number of rotatable bonds is 8. The summed E-state index contributed by atoms with van der Waals surface area (Å²) in [6.07, 6.45) is 4.51. The Balaban J connectivity index is 2.55. The van der Waals surface area contributed by atoms with Gasteiger partial charge in [0.25, 0.3) is 0 Å². The molecule has 2 amide bonds. The number of hydrogen-bond acceptors (Lipinski definition) is 3. The zero-order valence-electron chi connectivity index (χ0n) is 12.8. The first-order chi connectivity index (χ1) is 10.1. The number of benzene rings is 1. The number of halogens is 1. The molecule has 21 heavy (non-hydrogen) atoms. The zero-order chi connectivity index (χ0) is 15.7. The van der Waals surface area contributed by atoms with E-state index in [2.05, 4.69) is 33.5 Å². The SMILES string of the molecule is CCCCCCNC(=O)Nc1cc(OC)c(OC)cc1Br. The molecule has 0 aliphatic heterocycles. The second kappa shape index (κ2) is 9.50. The molecule has 0 fully saturated rings. The Kier molecular flexibility index (Phi) is 7.97. The zero-order valence-corrected chi connectivity index (χ0v) is 14.4. The third-order valence-electron chi connectivity index (χ3n) is 3.04. The highest BCUT2D eigenvalue weighted by Crippen LogP contribution is 2.36. The van der Waals surface area contributed by atoms with E-state index >= 15 is 0 Å². The summed E-state index contributed by atoms with van der Waals surface area (Å²) in [5.74, 6) is 1.17. The Morgan fingerprint density at radius 1 is 1.14 bits per heavy atom. The van der Waals surface area contributed by atoms with Crippen molar-refractivity contribution in [2.75, 3.05) is 26.1 Å². The van der Waals surface area contributed by atoms with E-state index in [1.807, 2.05) is 0 Å². The van der Waals surface area contributed by atoms with Gasteiger partial charge >= 0.3 is 6.03 Å². The van der Waals surface area contributed by atoms with E-state index < -0.39 is 0 Å². The lowest BCUT2D eigenvalue weighted by molar-refractivity contribution is 0.252. The molecule has 1 aromatic carbocycles. The second-order valence-corrected chi connectivity index (χ2v) is 5.48. The van der Waals surface area contributed by atoms with E-state index in [0.717, 1.165) is 17.3 Å². The highest BCUT2D eigenvalue weighted by Gasteiger charge is 2.11. The van der Waals surface area contributed by atoms with Crippen molar-refractivity contribution in [3.05, 3.63) is 16.6 Å². The van der Waals surface area contributed by atoms with Gasteiger partial charge in [-0.2, -0.15) is 0 Å². The molecule has 0 saturated carbocycles. The van der Waals surface area contributed by atoms with E-state index in [4.69, 9.17) is 9.47 Å². The van der Waals surface area contributed by atoms with Crippen LogP contribution in [0.5, 0.6) is 11.5 Å². The van der Waals surface area contributed by atoms with Crippen molar-refractivity contribution in [2.45, 2.75) is 32.6 Å². The van der Waals surface area contributed by atoms with Gasteiger partial charge in [-0.25, -0.2) is 4.79 Å². The number of amides is 2. The number of urea groups is 1. The number of anilines is 1. The quantitative estimate of drug-likeness (QED) is 0.685. The van der Waals surface area contributed by atoms with Crippen LogP contribution in [-0.4, -0.2) is 26.8 Å². The summed E-state index contributed by atoms with van der Waals surface area (Å²) in [5, 5.41) is 5.64. The van der Waals surface area contributed by atoms with Crippen molar-refractivity contribution in [2.24, 2.45) is 0 Å². The minimum absolute atomic E-state index is 0.223. The van der Waals surface area contributed by atoms with Crippen LogP contribution in [0.1, 0.15) is 32.6 Å². The van der Waals surface area contributed by atoms with Crippen LogP contribution in [0.3, 0.4) is 0 Å². The van der Waals surface area contributed by atoms with E-state index in [1.54, 1.807) is 26.4 Å². The third-order valence-corrected chi connectivity index (χ3v) is 3.69. The van der Waals surface area contributed by atoms with E-state index in [1.165, 1.54) is 12.8 Å². The molecular formula is C15H23BrN2O3. The van der Waals surface area contributed by atoms with Crippen LogP contribution in [0, 0.1) is 0 Å². The standard InChI is InChI=1S/C15H23BrN2O3/c1-4-5-6-7-8-17-15(19)18-12-10-14(21-3)13(20-2)9-11(12)16/h9-10H,4-8H2,1-3H3,(H2,17,18,19). The molecule has 6 heteroatoms. The van der Waals surface area contributed by atoms with Crippen LogP contribution in [0.15, 0.2) is 16.6 Å². The lowest BCUT2D eigenvalue weighted by Gasteiger charge is -2.13. The molecule has 0 heterocycles. The molecule has 0 aliphatic carbocycles. The van der Waals surface area contributed by atoms with E-state index in [0.29, 0.717) is 23.7 Å². The number of carbonyl (C=O) groups excluding carboxylic acids is 1. The normalized spacial score (nSPS) is 10.1. The monoisotopic (exact) mass is 358 g/mol. The Morgan fingerprint density at radius 2 is 1.81 bits per heavy atom. The molecule has 2 N–H and O–H groups in total. The Morgan fingerprint density at radius 3 is 2.43 bits per heavy atom. The molecule has 0 bridgehead atoms. The first-order valence-corrected chi connectivity index (χ1v) is 7.88. The van der Waals surface area contributed by atoms with Gasteiger partial charge in [0.2, 0.25) is 0 Å². The average Bonchev–Trinajstić information content (AvgIpc) is 2.48. The molecule has 0 atom stereocenters. The van der Waals surface area contributed by atoms with Crippen LogP contribution in [0.4, 0.5) is 10.5 Å². The van der Waals surface area contributed by atoms with Crippen LogP contribution in [0.25, 0.3) is 0 Å². The molecule has 0 aromatic heterocycles. The van der Waals surface area contributed by atoms with Gasteiger partial charge in [0.1, 0.15) is 0 Å². The van der Waals surface area contributed by atoms with Crippen molar-refractivity contribution in [1.82, 2.24) is 5.32 Å². The smallest absolute Gasteiger partial charge is 0.319 e. The predicted octanol–water partition coefficient (Wildman–Crippen LogP) is 4.17. The molecule has 5 nitrogen and oxygen atoms in total. The Bertz CT molecular complexity index is 466. The molecule has 1 aromatic rings. The molecule has 118 valence electrons. The third kappa shape index (κ3) is 5.83. The first kappa shape index (κ1) is 17.6. The van der Waals surface area contributed by atoms with Crippen molar-refractivity contribution < 1.29 is 14.3 Å². The topological polar surface area (TPSA) is 59.6 Å². The lowest BCUT2D eigenvalue weighted by Crippen LogP contribution is -2.29. The summed E-state index contributed by atoms with van der Waals surface area (Å²) in [6, 6.07) is 3.26. The van der Waals surface area contributed by atoms with Crippen LogP contribution >= 0.6 is 15.9 Å². The minimum atomic E-state index is -0.223. The van der Waals surface area contributed by atoms with Crippen LogP contribution < -0.4 is 20.1 Å². The van der Waals surface area contributed by atoms with E-state index in [9.17, 15) is 4.79 Å². The summed E-state index contributed by atoms with van der Waals surface area (Å²) >= 11 is 3.40. The van der Waals surface area contributed by atoms with Gasteiger partial charge in [-0.3, -0.25) is 0 Å². The fourth-order valence-electron chi connectivity index (χ4n) is 1.87. The summed E-state index contributed by atoms with van der Waals surface area (Å²) < 4.78 is 11.2. The summed E-state index contributed by atoms with van der Waals surface area (Å²) in [6.45, 7) is 2.84. The van der Waals surface area contributed by atoms with E-state index in [-0.39, 0.29) is 6.03 Å². The molecule has 0 saturated heterocycles. The van der Waals surface area contributed by atoms with Crippen LogP contribution in [0.2, 0.25) is 0 Å². The molecule has 0 aliphatic rings. The summed E-state index contributed by atoms with van der Waals surface area (Å²) in [5.41, 5.74) is 0.638. The molecule has 0 radical (unpaired) electrons. The summed E-state index contributed by atoms with van der Waals surface area (Å²) in [4.78, 5) is 11.8. The molecule has 0 unspecified atom stereocenters. The number of carbonyl (C=O) groups is 1. The van der Waals surface area contributed by atoms with Gasteiger partial charge in [-0.05, 0) is 22.4 Å². The van der Waals surface area contributed by atoms with Gasteiger partial charge in [-0.15, -0.1) is 0 Å². The maximum absolute atomic E-state index is 11.8. The Hall–Kier alpha value is -1.43. The largest absolute Gasteiger partial charge is 0.493 e. The fourth-order valence-corrected chi connectivity index (χ4v) is 2.29. The van der Waals surface area contributed by atoms with Gasteiger partial charge < -0.3 is 20.1 Å². The van der Waals surface area contributed by atoms with Crippen molar-refractivity contribution in [3.63, 3.8) is 0 Å². The van der Waals surface area contributed by atoms with Crippen molar-refractivity contribution >= 4 is 27.6 Å². The van der Waals surface area contributed by atoms with Crippen LogP contribution in [-0.2, 0) is 0 Å². The number of ether oxygens (including phenoxy) is 2. The highest BCUT2D eigenvalue weighted by atomic mass is 79.9. The van der Waals surface area contributed by atoms with Crippen molar-refractivity contribution in [3.8, 4) is 11.5 Å². The molecular weight excluding hydrogens is 336 g/mol.